The van der Waals surface area contributed by atoms with Gasteiger partial charge in [-0.3, -0.25) is 9.69 Å². The van der Waals surface area contributed by atoms with E-state index in [0.29, 0.717) is 17.3 Å². The molecule has 0 spiro atoms. The molecule has 22 heavy (non-hydrogen) atoms. The molecular weight excluding hydrogens is 327 g/mol. The van der Waals surface area contributed by atoms with E-state index >= 15 is 0 Å². The molecule has 0 bridgehead atoms. The summed E-state index contributed by atoms with van der Waals surface area (Å²) in [7, 11) is 3.74. The Labute approximate surface area is 140 Å². The van der Waals surface area contributed by atoms with Crippen LogP contribution in [0.5, 0.6) is 0 Å². The van der Waals surface area contributed by atoms with E-state index in [1.54, 1.807) is 7.05 Å². The maximum absolute atomic E-state index is 12.2. The average molecular weight is 349 g/mol. The van der Waals surface area contributed by atoms with Gasteiger partial charge in [-0.15, -0.1) is 0 Å². The molecule has 124 valence electrons. The van der Waals surface area contributed by atoms with Crippen LogP contribution in [0, 0.1) is 0 Å². The summed E-state index contributed by atoms with van der Waals surface area (Å²) in [4.78, 5) is 20.9. The Balaban J connectivity index is 1.82. The molecule has 2 heterocycles. The van der Waals surface area contributed by atoms with Crippen LogP contribution in [-0.4, -0.2) is 90.2 Å². The van der Waals surface area contributed by atoms with Gasteiger partial charge in [0.1, 0.15) is 10.8 Å². The highest BCUT2D eigenvalue weighted by Crippen LogP contribution is 2.22. The Kier molecular flexibility index (Phi) is 6.11. The minimum absolute atomic E-state index is 0.244. The van der Waals surface area contributed by atoms with Crippen molar-refractivity contribution in [3.05, 3.63) is 21.9 Å². The molecule has 0 aliphatic carbocycles. The first-order valence-corrected chi connectivity index (χ1v) is 8.01. The van der Waals surface area contributed by atoms with Crippen molar-refractivity contribution < 1.29 is 9.90 Å². The van der Waals surface area contributed by atoms with Crippen LogP contribution in [0.2, 0.25) is 10.2 Å². The van der Waals surface area contributed by atoms with Gasteiger partial charge in [-0.25, -0.2) is 0 Å². The van der Waals surface area contributed by atoms with Crippen molar-refractivity contribution in [2.75, 3.05) is 53.4 Å². The lowest BCUT2D eigenvalue weighted by molar-refractivity contribution is 0.0499. The Bertz CT molecular complexity index is 495. The van der Waals surface area contributed by atoms with Gasteiger partial charge in [0.05, 0.1) is 11.1 Å². The molecule has 0 saturated carbocycles. The normalized spacial score (nSPS) is 18.4. The van der Waals surface area contributed by atoms with Crippen LogP contribution in [0.3, 0.4) is 0 Å². The van der Waals surface area contributed by atoms with Crippen molar-refractivity contribution in [3.8, 4) is 0 Å². The Morgan fingerprint density at radius 1 is 1.41 bits per heavy atom. The molecule has 0 aromatic carbocycles. The van der Waals surface area contributed by atoms with E-state index in [0.717, 1.165) is 26.2 Å². The second-order valence-electron chi connectivity index (χ2n) is 5.79. The number of nitrogens with zero attached hydrogens (tertiary/aromatic N) is 3. The van der Waals surface area contributed by atoms with E-state index in [1.165, 1.54) is 11.0 Å². The molecule has 1 unspecified atom stereocenters. The number of carbonyl (C=O) groups is 1. The van der Waals surface area contributed by atoms with Crippen molar-refractivity contribution in [1.82, 2.24) is 19.7 Å². The van der Waals surface area contributed by atoms with Crippen molar-refractivity contribution in [1.29, 1.82) is 0 Å². The third kappa shape index (κ3) is 4.60. The third-order valence-corrected chi connectivity index (χ3v) is 4.54. The van der Waals surface area contributed by atoms with Crippen molar-refractivity contribution in [3.63, 3.8) is 0 Å². The molecule has 0 radical (unpaired) electrons. The molecule has 1 aliphatic rings. The number of piperazine rings is 1. The first-order valence-electron chi connectivity index (χ1n) is 7.25. The number of rotatable bonds is 5. The first kappa shape index (κ1) is 17.6. The summed E-state index contributed by atoms with van der Waals surface area (Å²) in [5.74, 6) is -0.244. The molecule has 1 amide bonds. The minimum atomic E-state index is -0.585. The van der Waals surface area contributed by atoms with E-state index in [2.05, 4.69) is 21.8 Å². The van der Waals surface area contributed by atoms with Gasteiger partial charge < -0.3 is 19.9 Å². The van der Waals surface area contributed by atoms with E-state index in [1.807, 2.05) is 0 Å². The number of nitrogens with one attached hydrogen (secondary N) is 1. The van der Waals surface area contributed by atoms with Crippen LogP contribution in [-0.2, 0) is 0 Å². The lowest BCUT2D eigenvalue weighted by Crippen LogP contribution is -2.49. The number of aromatic amines is 1. The predicted molar refractivity (Wildman–Crippen MR) is 87.7 cm³/mol. The lowest BCUT2D eigenvalue weighted by Gasteiger charge is -2.34. The topological polar surface area (TPSA) is 62.8 Å². The SMILES string of the molecule is CN1CCN(CC(O)CN(C)C(=O)c2cc(Cl)c(Cl)[nH]2)CC1. The highest BCUT2D eigenvalue weighted by Gasteiger charge is 2.21. The number of H-pyrrole nitrogens is 1. The number of halogens is 2. The number of amides is 1. The third-order valence-electron chi connectivity index (χ3n) is 3.85. The Hall–Kier alpha value is -0.790. The lowest BCUT2D eigenvalue weighted by atomic mass is 10.2. The van der Waals surface area contributed by atoms with Crippen molar-refractivity contribution >= 4 is 29.1 Å². The van der Waals surface area contributed by atoms with Crippen LogP contribution in [0.25, 0.3) is 0 Å². The summed E-state index contributed by atoms with van der Waals surface area (Å²) in [5, 5.41) is 10.7. The molecule has 1 aromatic heterocycles. The molecule has 8 heteroatoms. The molecular formula is C14H22Cl2N4O2. The number of hydrogen-bond donors (Lipinski definition) is 2. The molecule has 1 saturated heterocycles. The zero-order valence-electron chi connectivity index (χ0n) is 12.9. The van der Waals surface area contributed by atoms with E-state index in [4.69, 9.17) is 23.2 Å². The molecule has 1 aromatic rings. The monoisotopic (exact) mass is 348 g/mol. The van der Waals surface area contributed by atoms with Crippen LogP contribution >= 0.6 is 23.2 Å². The fourth-order valence-electron chi connectivity index (χ4n) is 2.51. The Morgan fingerprint density at radius 2 is 2.05 bits per heavy atom. The van der Waals surface area contributed by atoms with Crippen molar-refractivity contribution in [2.24, 2.45) is 0 Å². The van der Waals surface area contributed by atoms with Crippen molar-refractivity contribution in [2.45, 2.75) is 6.10 Å². The fourth-order valence-corrected chi connectivity index (χ4v) is 2.82. The zero-order chi connectivity index (χ0) is 16.3. The molecule has 6 nitrogen and oxygen atoms in total. The maximum atomic E-state index is 12.2. The summed E-state index contributed by atoms with van der Waals surface area (Å²) in [6.45, 7) is 4.71. The van der Waals surface area contributed by atoms with Crippen LogP contribution < -0.4 is 0 Å². The highest BCUT2D eigenvalue weighted by atomic mass is 35.5. The van der Waals surface area contributed by atoms with Gasteiger partial charge in [0, 0.05) is 46.3 Å². The van der Waals surface area contributed by atoms with Gasteiger partial charge in [-0.05, 0) is 13.1 Å². The van der Waals surface area contributed by atoms with E-state index in [9.17, 15) is 9.90 Å². The van der Waals surface area contributed by atoms with Gasteiger partial charge in [0.2, 0.25) is 0 Å². The zero-order valence-corrected chi connectivity index (χ0v) is 14.4. The molecule has 1 atom stereocenters. The maximum Gasteiger partial charge on any atom is 0.270 e. The van der Waals surface area contributed by atoms with E-state index in [-0.39, 0.29) is 17.6 Å². The average Bonchev–Trinajstić information content (AvgIpc) is 2.80. The number of β-amino-alcohol motifs (C(OH)–C–C–N with tert-alkyl or cyclic N) is 1. The Morgan fingerprint density at radius 3 is 2.59 bits per heavy atom. The number of likely N-dealkylation sites (N-methyl/N-ethyl adjacent to an activating group) is 2. The number of hydrogen-bond acceptors (Lipinski definition) is 4. The highest BCUT2D eigenvalue weighted by molar-refractivity contribution is 6.41. The van der Waals surface area contributed by atoms with Gasteiger partial charge in [-0.2, -0.15) is 0 Å². The van der Waals surface area contributed by atoms with Crippen LogP contribution in [0.15, 0.2) is 6.07 Å². The fraction of sp³-hybridized carbons (Fsp3) is 0.643. The van der Waals surface area contributed by atoms with Gasteiger partial charge in [0.15, 0.2) is 0 Å². The summed E-state index contributed by atoms with van der Waals surface area (Å²) in [6.07, 6.45) is -0.585. The van der Waals surface area contributed by atoms with Gasteiger partial charge >= 0.3 is 0 Å². The number of carbonyl (C=O) groups excluding carboxylic acids is 1. The number of aliphatic hydroxyl groups is 1. The molecule has 2 rings (SSSR count). The second-order valence-corrected chi connectivity index (χ2v) is 6.57. The minimum Gasteiger partial charge on any atom is -0.390 e. The van der Waals surface area contributed by atoms with Gasteiger partial charge in [-0.1, -0.05) is 23.2 Å². The smallest absolute Gasteiger partial charge is 0.270 e. The van der Waals surface area contributed by atoms with E-state index < -0.39 is 6.10 Å². The molecule has 1 fully saturated rings. The molecule has 1 aliphatic heterocycles. The first-order chi connectivity index (χ1) is 10.4. The largest absolute Gasteiger partial charge is 0.390 e. The quantitative estimate of drug-likeness (QED) is 0.833. The standard InChI is InChI=1S/C14H22Cl2N4O2/c1-18-3-5-20(6-4-18)9-10(21)8-19(2)14(22)12-7-11(15)13(16)17-12/h7,10,17,21H,3-6,8-9H2,1-2H3. The summed E-state index contributed by atoms with van der Waals surface area (Å²) in [5.41, 5.74) is 0.323. The van der Waals surface area contributed by atoms with Crippen LogP contribution in [0.1, 0.15) is 10.5 Å². The van der Waals surface area contributed by atoms with Crippen LogP contribution in [0.4, 0.5) is 0 Å². The summed E-state index contributed by atoms with van der Waals surface area (Å²) in [6, 6.07) is 1.50. The van der Waals surface area contributed by atoms with Gasteiger partial charge in [0.25, 0.3) is 5.91 Å². The summed E-state index contributed by atoms with van der Waals surface area (Å²) < 4.78 is 0. The number of aromatic nitrogens is 1. The summed E-state index contributed by atoms with van der Waals surface area (Å²) >= 11 is 11.6. The molecule has 2 N–H and O–H groups in total. The number of aliphatic hydroxyl groups excluding tert-OH is 1. The predicted octanol–water partition coefficient (Wildman–Crippen LogP) is 1.00. The second kappa shape index (κ2) is 7.66.